The van der Waals surface area contributed by atoms with Crippen molar-refractivity contribution in [3.05, 3.63) is 36.0 Å². The van der Waals surface area contributed by atoms with Crippen LogP contribution in [0.25, 0.3) is 10.9 Å². The number of benzene rings is 1. The van der Waals surface area contributed by atoms with Crippen molar-refractivity contribution in [2.24, 2.45) is 5.73 Å². The molecule has 4 heteroatoms. The van der Waals surface area contributed by atoms with E-state index >= 15 is 0 Å². The van der Waals surface area contributed by atoms with E-state index in [1.807, 2.05) is 22.8 Å². The van der Waals surface area contributed by atoms with Gasteiger partial charge >= 0.3 is 0 Å². The zero-order valence-electron chi connectivity index (χ0n) is 10.4. The van der Waals surface area contributed by atoms with Gasteiger partial charge in [-0.05, 0) is 31.0 Å². The normalized spacial score (nSPS) is 13.1. The monoisotopic (exact) mass is 248 g/mol. The first kappa shape index (κ1) is 13.1. The molecule has 18 heavy (non-hydrogen) atoms. The van der Waals surface area contributed by atoms with Crippen LogP contribution < -0.4 is 5.73 Å². The van der Waals surface area contributed by atoms with Gasteiger partial charge in [-0.1, -0.05) is 18.2 Å². The van der Waals surface area contributed by atoms with Crippen molar-refractivity contribution in [3.63, 3.8) is 0 Å². The quantitative estimate of drug-likeness (QED) is 0.711. The molecule has 0 radical (unpaired) electrons. The van der Waals surface area contributed by atoms with Gasteiger partial charge in [0.2, 0.25) is 0 Å². The van der Waals surface area contributed by atoms with Crippen LogP contribution in [0.2, 0.25) is 0 Å². The second-order valence-electron chi connectivity index (χ2n) is 4.55. The smallest absolute Gasteiger partial charge is 0.0949 e. The standard InChI is InChI=1S/C14H20N2O2/c15-7-3-4-11-8-16(9-12(18)10-17)14-6-2-1-5-13(11)14/h1-2,5-6,8,12,17-18H,3-4,7,9-10,15H2. The Balaban J connectivity index is 2.34. The zero-order chi connectivity index (χ0) is 13.0. The molecule has 0 spiro atoms. The Bertz CT molecular complexity index is 507. The molecule has 1 unspecified atom stereocenters. The summed E-state index contributed by atoms with van der Waals surface area (Å²) >= 11 is 0. The minimum absolute atomic E-state index is 0.218. The molecule has 98 valence electrons. The van der Waals surface area contributed by atoms with E-state index < -0.39 is 6.10 Å². The van der Waals surface area contributed by atoms with Gasteiger partial charge in [-0.15, -0.1) is 0 Å². The minimum atomic E-state index is -0.719. The third-order valence-corrected chi connectivity index (χ3v) is 3.14. The van der Waals surface area contributed by atoms with Crippen LogP contribution in [-0.2, 0) is 13.0 Å². The highest BCUT2D eigenvalue weighted by atomic mass is 16.3. The number of fused-ring (bicyclic) bond motifs is 1. The minimum Gasteiger partial charge on any atom is -0.394 e. The highest BCUT2D eigenvalue weighted by Crippen LogP contribution is 2.22. The SMILES string of the molecule is NCCCc1cn(CC(O)CO)c2ccccc12. The van der Waals surface area contributed by atoms with E-state index in [0.717, 1.165) is 18.4 Å². The maximum absolute atomic E-state index is 9.57. The van der Waals surface area contributed by atoms with E-state index in [1.165, 1.54) is 10.9 Å². The first-order chi connectivity index (χ1) is 8.76. The maximum atomic E-state index is 9.57. The van der Waals surface area contributed by atoms with Gasteiger partial charge in [0.1, 0.15) is 0 Å². The molecule has 4 nitrogen and oxygen atoms in total. The van der Waals surface area contributed by atoms with Gasteiger partial charge in [0.25, 0.3) is 0 Å². The molecule has 0 amide bonds. The molecule has 2 rings (SSSR count). The topological polar surface area (TPSA) is 71.4 Å². The van der Waals surface area contributed by atoms with Crippen molar-refractivity contribution in [2.75, 3.05) is 13.2 Å². The molecular weight excluding hydrogens is 228 g/mol. The Hall–Kier alpha value is -1.36. The third-order valence-electron chi connectivity index (χ3n) is 3.14. The van der Waals surface area contributed by atoms with Gasteiger partial charge in [-0.25, -0.2) is 0 Å². The lowest BCUT2D eigenvalue weighted by molar-refractivity contribution is 0.0822. The van der Waals surface area contributed by atoms with Crippen LogP contribution in [0.1, 0.15) is 12.0 Å². The average molecular weight is 248 g/mol. The number of hydrogen-bond donors (Lipinski definition) is 3. The van der Waals surface area contributed by atoms with Crippen LogP contribution in [0.15, 0.2) is 30.5 Å². The van der Waals surface area contributed by atoms with Gasteiger partial charge in [0.05, 0.1) is 19.3 Å². The average Bonchev–Trinajstić information content (AvgIpc) is 2.75. The Morgan fingerprint density at radius 1 is 1.28 bits per heavy atom. The van der Waals surface area contributed by atoms with Crippen molar-refractivity contribution in [3.8, 4) is 0 Å². The van der Waals surface area contributed by atoms with Crippen molar-refractivity contribution in [2.45, 2.75) is 25.5 Å². The first-order valence-corrected chi connectivity index (χ1v) is 6.32. The van der Waals surface area contributed by atoms with E-state index in [-0.39, 0.29) is 6.61 Å². The predicted octanol–water partition coefficient (Wildman–Crippen LogP) is 0.886. The van der Waals surface area contributed by atoms with Gasteiger partial charge < -0.3 is 20.5 Å². The van der Waals surface area contributed by atoms with Crippen molar-refractivity contribution in [1.82, 2.24) is 4.57 Å². The summed E-state index contributed by atoms with van der Waals surface area (Å²) in [5.41, 5.74) is 7.90. The molecule has 1 atom stereocenters. The van der Waals surface area contributed by atoms with Crippen molar-refractivity contribution >= 4 is 10.9 Å². The van der Waals surface area contributed by atoms with Gasteiger partial charge in [-0.3, -0.25) is 0 Å². The van der Waals surface area contributed by atoms with E-state index in [2.05, 4.69) is 12.3 Å². The number of hydrogen-bond acceptors (Lipinski definition) is 3. The molecular formula is C14H20N2O2. The second-order valence-corrected chi connectivity index (χ2v) is 4.55. The van der Waals surface area contributed by atoms with Crippen molar-refractivity contribution < 1.29 is 10.2 Å². The summed E-state index contributed by atoms with van der Waals surface area (Å²) in [6.07, 6.45) is 3.23. The highest BCUT2D eigenvalue weighted by Gasteiger charge is 2.10. The molecule has 0 fully saturated rings. The van der Waals surface area contributed by atoms with Gasteiger partial charge in [0, 0.05) is 17.1 Å². The van der Waals surface area contributed by atoms with Crippen LogP contribution >= 0.6 is 0 Å². The molecule has 0 saturated carbocycles. The molecule has 4 N–H and O–H groups in total. The number of rotatable bonds is 6. The molecule has 1 heterocycles. The van der Waals surface area contributed by atoms with Gasteiger partial charge in [0.15, 0.2) is 0 Å². The van der Waals surface area contributed by atoms with E-state index in [1.54, 1.807) is 0 Å². The van der Waals surface area contributed by atoms with Crippen LogP contribution in [0, 0.1) is 0 Å². The van der Waals surface area contributed by atoms with E-state index in [9.17, 15) is 5.11 Å². The van der Waals surface area contributed by atoms with Crippen molar-refractivity contribution in [1.29, 1.82) is 0 Å². The molecule has 1 aromatic heterocycles. The van der Waals surface area contributed by atoms with Crippen LogP contribution in [0.3, 0.4) is 0 Å². The first-order valence-electron chi connectivity index (χ1n) is 6.32. The molecule has 0 aliphatic carbocycles. The summed E-state index contributed by atoms with van der Waals surface area (Å²) in [6.45, 7) is 0.878. The molecule has 0 bridgehead atoms. The largest absolute Gasteiger partial charge is 0.394 e. The number of nitrogens with two attached hydrogens (primary N) is 1. The fraction of sp³-hybridized carbons (Fsp3) is 0.429. The summed E-state index contributed by atoms with van der Waals surface area (Å²) in [5.74, 6) is 0. The number of aliphatic hydroxyl groups excluding tert-OH is 2. The number of aryl methyl sites for hydroxylation is 1. The van der Waals surface area contributed by atoms with E-state index in [0.29, 0.717) is 13.1 Å². The van der Waals surface area contributed by atoms with Crippen LogP contribution in [0.4, 0.5) is 0 Å². The van der Waals surface area contributed by atoms with Crippen LogP contribution in [-0.4, -0.2) is 34.0 Å². The lowest BCUT2D eigenvalue weighted by Crippen LogP contribution is -2.19. The third kappa shape index (κ3) is 2.72. The fourth-order valence-electron chi connectivity index (χ4n) is 2.25. The highest BCUT2D eigenvalue weighted by molar-refractivity contribution is 5.84. The Morgan fingerprint density at radius 3 is 2.78 bits per heavy atom. The maximum Gasteiger partial charge on any atom is 0.0949 e. The predicted molar refractivity (Wildman–Crippen MR) is 72.4 cm³/mol. The molecule has 0 saturated heterocycles. The zero-order valence-corrected chi connectivity index (χ0v) is 10.4. The summed E-state index contributed by atoms with van der Waals surface area (Å²) in [6, 6.07) is 8.12. The second kappa shape index (κ2) is 6.00. The lowest BCUT2D eigenvalue weighted by Gasteiger charge is -2.09. The number of aromatic nitrogens is 1. The van der Waals surface area contributed by atoms with Gasteiger partial charge in [-0.2, -0.15) is 0 Å². The Kier molecular flexibility index (Phi) is 4.36. The molecule has 0 aliphatic heterocycles. The summed E-state index contributed by atoms with van der Waals surface area (Å²) < 4.78 is 2.00. The summed E-state index contributed by atoms with van der Waals surface area (Å²) in [4.78, 5) is 0. The number of para-hydroxylation sites is 1. The number of aliphatic hydroxyl groups is 2. The Labute approximate surface area is 107 Å². The van der Waals surface area contributed by atoms with Crippen LogP contribution in [0.5, 0.6) is 0 Å². The fourth-order valence-corrected chi connectivity index (χ4v) is 2.25. The molecule has 0 aliphatic rings. The lowest BCUT2D eigenvalue weighted by atomic mass is 10.1. The number of nitrogens with zero attached hydrogens (tertiary/aromatic N) is 1. The summed E-state index contributed by atoms with van der Waals surface area (Å²) in [7, 11) is 0. The Morgan fingerprint density at radius 2 is 2.06 bits per heavy atom. The molecule has 1 aromatic carbocycles. The summed E-state index contributed by atoms with van der Waals surface area (Å²) in [5, 5.41) is 19.7. The van der Waals surface area contributed by atoms with E-state index in [4.69, 9.17) is 10.8 Å². The molecule has 2 aromatic rings.